The van der Waals surface area contributed by atoms with Crippen molar-refractivity contribution in [2.24, 2.45) is 0 Å². The van der Waals surface area contributed by atoms with E-state index < -0.39 is 0 Å². The number of halogens is 1. The predicted octanol–water partition coefficient (Wildman–Crippen LogP) is 3.87. The summed E-state index contributed by atoms with van der Waals surface area (Å²) in [7, 11) is 0. The molecular weight excluding hydrogens is 412 g/mol. The van der Waals surface area contributed by atoms with Crippen molar-refractivity contribution in [3.05, 3.63) is 70.4 Å². The van der Waals surface area contributed by atoms with Gasteiger partial charge in [-0.3, -0.25) is 9.69 Å². The highest BCUT2D eigenvalue weighted by molar-refractivity contribution is 6.30. The predicted molar refractivity (Wildman–Crippen MR) is 123 cm³/mol. The monoisotopic (exact) mass is 438 g/mol. The van der Waals surface area contributed by atoms with Crippen molar-refractivity contribution in [3.63, 3.8) is 0 Å². The van der Waals surface area contributed by atoms with Crippen LogP contribution in [0.15, 0.2) is 48.5 Å². The second kappa shape index (κ2) is 9.64. The number of amides is 1. The Morgan fingerprint density at radius 2 is 1.81 bits per heavy atom. The second-order valence-corrected chi connectivity index (χ2v) is 8.25. The zero-order chi connectivity index (χ0) is 21.8. The minimum Gasteiger partial charge on any atom is -0.379 e. The van der Waals surface area contributed by atoms with E-state index in [9.17, 15) is 4.79 Å². The van der Waals surface area contributed by atoms with Crippen molar-refractivity contribution < 1.29 is 9.53 Å². The lowest BCUT2D eigenvalue weighted by Crippen LogP contribution is -2.41. The molecule has 7 heteroatoms. The van der Waals surface area contributed by atoms with Crippen molar-refractivity contribution in [1.82, 2.24) is 20.0 Å². The summed E-state index contributed by atoms with van der Waals surface area (Å²) < 4.78 is 7.07. The number of nitrogens with zero attached hydrogens (tertiary/aromatic N) is 3. The van der Waals surface area contributed by atoms with Crippen LogP contribution in [0.1, 0.15) is 21.6 Å². The summed E-state index contributed by atoms with van der Waals surface area (Å²) in [6, 6.07) is 15.4. The summed E-state index contributed by atoms with van der Waals surface area (Å²) in [6.07, 6.45) is 0. The normalized spacial score (nSPS) is 14.5. The summed E-state index contributed by atoms with van der Waals surface area (Å²) in [4.78, 5) is 15.4. The van der Waals surface area contributed by atoms with Crippen LogP contribution in [-0.2, 0) is 4.74 Å². The van der Waals surface area contributed by atoms with E-state index in [4.69, 9.17) is 21.4 Å². The minimum atomic E-state index is -0.147. The fourth-order valence-corrected chi connectivity index (χ4v) is 3.73. The third-order valence-electron chi connectivity index (χ3n) is 5.63. The summed E-state index contributed by atoms with van der Waals surface area (Å²) >= 11 is 6.05. The highest BCUT2D eigenvalue weighted by atomic mass is 35.5. The molecule has 162 valence electrons. The van der Waals surface area contributed by atoms with Gasteiger partial charge in [-0.05, 0) is 61.4 Å². The number of hydrogen-bond donors (Lipinski definition) is 1. The zero-order valence-corrected chi connectivity index (χ0v) is 18.7. The molecule has 0 spiro atoms. The van der Waals surface area contributed by atoms with Crippen molar-refractivity contribution in [3.8, 4) is 16.9 Å². The van der Waals surface area contributed by atoms with E-state index in [1.165, 1.54) is 11.1 Å². The Morgan fingerprint density at radius 1 is 1.06 bits per heavy atom. The highest BCUT2D eigenvalue weighted by Gasteiger charge is 2.18. The number of aromatic nitrogens is 2. The van der Waals surface area contributed by atoms with Crippen molar-refractivity contribution >= 4 is 17.5 Å². The molecule has 0 radical (unpaired) electrons. The molecule has 1 amide bonds. The molecule has 0 atom stereocenters. The van der Waals surface area contributed by atoms with E-state index in [2.05, 4.69) is 36.2 Å². The van der Waals surface area contributed by atoms with Gasteiger partial charge in [0.15, 0.2) is 0 Å². The van der Waals surface area contributed by atoms with E-state index in [1.54, 1.807) is 16.8 Å². The first-order valence-corrected chi connectivity index (χ1v) is 10.9. The van der Waals surface area contributed by atoms with Gasteiger partial charge >= 0.3 is 0 Å². The molecule has 0 saturated carbocycles. The van der Waals surface area contributed by atoms with Crippen LogP contribution in [0.5, 0.6) is 0 Å². The molecule has 4 rings (SSSR count). The van der Waals surface area contributed by atoms with Crippen LogP contribution in [0.3, 0.4) is 0 Å². The van der Waals surface area contributed by atoms with Gasteiger partial charge in [-0.25, -0.2) is 4.68 Å². The smallest absolute Gasteiger partial charge is 0.270 e. The third kappa shape index (κ3) is 5.15. The van der Waals surface area contributed by atoms with Gasteiger partial charge in [0.1, 0.15) is 5.69 Å². The molecule has 1 fully saturated rings. The molecule has 1 aliphatic rings. The first kappa shape index (κ1) is 21.6. The lowest BCUT2D eigenvalue weighted by atomic mass is 10.0. The summed E-state index contributed by atoms with van der Waals surface area (Å²) in [6.45, 7) is 8.82. The number of rotatable bonds is 6. The van der Waals surface area contributed by atoms with Crippen molar-refractivity contribution in [1.29, 1.82) is 0 Å². The fraction of sp³-hybridized carbons (Fsp3) is 0.333. The Morgan fingerprint density at radius 3 is 2.52 bits per heavy atom. The molecule has 1 N–H and O–H groups in total. The molecule has 1 aromatic heterocycles. The summed E-state index contributed by atoms with van der Waals surface area (Å²) in [5.41, 5.74) is 5.45. The van der Waals surface area contributed by atoms with Gasteiger partial charge < -0.3 is 10.1 Å². The second-order valence-electron chi connectivity index (χ2n) is 7.81. The van der Waals surface area contributed by atoms with Crippen LogP contribution >= 0.6 is 11.6 Å². The molecule has 2 heterocycles. The molecule has 6 nitrogen and oxygen atoms in total. The van der Waals surface area contributed by atoms with Gasteiger partial charge in [-0.15, -0.1) is 0 Å². The van der Waals surface area contributed by atoms with Crippen LogP contribution in [0.4, 0.5) is 0 Å². The number of ether oxygens (including phenoxy) is 1. The van der Waals surface area contributed by atoms with Crippen molar-refractivity contribution in [2.75, 3.05) is 39.4 Å². The maximum Gasteiger partial charge on any atom is 0.270 e. The SMILES string of the molecule is Cc1ccc(-c2cc(C(=O)NCCN3CCOCC3)n(-c3ccc(Cl)cc3)n2)cc1C. The fourth-order valence-electron chi connectivity index (χ4n) is 3.61. The van der Waals surface area contributed by atoms with Gasteiger partial charge in [0.2, 0.25) is 0 Å². The summed E-state index contributed by atoms with van der Waals surface area (Å²) in [5.74, 6) is -0.147. The van der Waals surface area contributed by atoms with Gasteiger partial charge in [0, 0.05) is 36.8 Å². The Labute approximate surface area is 187 Å². The van der Waals surface area contributed by atoms with Gasteiger partial charge in [0.05, 0.1) is 24.6 Å². The van der Waals surface area contributed by atoms with Crippen LogP contribution in [0.25, 0.3) is 16.9 Å². The highest BCUT2D eigenvalue weighted by Crippen LogP contribution is 2.24. The maximum absolute atomic E-state index is 13.1. The molecule has 0 bridgehead atoms. The summed E-state index contributed by atoms with van der Waals surface area (Å²) in [5, 5.41) is 8.44. The number of aryl methyl sites for hydroxylation is 2. The molecular formula is C24H27ClN4O2. The van der Waals surface area contributed by atoms with Crippen LogP contribution in [0.2, 0.25) is 5.02 Å². The van der Waals surface area contributed by atoms with Crippen LogP contribution < -0.4 is 5.32 Å². The van der Waals surface area contributed by atoms with Crippen molar-refractivity contribution in [2.45, 2.75) is 13.8 Å². The first-order valence-electron chi connectivity index (χ1n) is 10.5. The number of carbonyl (C=O) groups excluding carboxylic acids is 1. The first-order chi connectivity index (χ1) is 15.0. The number of nitrogens with one attached hydrogen (secondary N) is 1. The molecule has 31 heavy (non-hydrogen) atoms. The van der Waals surface area contributed by atoms with Gasteiger partial charge in [0.25, 0.3) is 5.91 Å². The zero-order valence-electron chi connectivity index (χ0n) is 17.9. The van der Waals surface area contributed by atoms with E-state index in [0.29, 0.717) is 17.3 Å². The Bertz CT molecular complexity index is 1060. The average Bonchev–Trinajstić information content (AvgIpc) is 3.22. The number of carbonyl (C=O) groups is 1. The Kier molecular flexibility index (Phi) is 6.70. The van der Waals surface area contributed by atoms with E-state index in [-0.39, 0.29) is 5.91 Å². The molecule has 1 saturated heterocycles. The largest absolute Gasteiger partial charge is 0.379 e. The van der Waals surface area contributed by atoms with Crippen LogP contribution in [0, 0.1) is 13.8 Å². The maximum atomic E-state index is 13.1. The van der Waals surface area contributed by atoms with Gasteiger partial charge in [-0.2, -0.15) is 5.10 Å². The van der Waals surface area contributed by atoms with E-state index in [0.717, 1.165) is 49.8 Å². The quantitative estimate of drug-likeness (QED) is 0.634. The standard InChI is InChI=1S/C24H27ClN4O2/c1-17-3-4-19(15-18(17)2)22-16-23(29(27-22)21-7-5-20(25)6-8-21)24(30)26-9-10-28-11-13-31-14-12-28/h3-8,15-16H,9-14H2,1-2H3,(H,26,30). The Hall–Kier alpha value is -2.67. The van der Waals surface area contributed by atoms with E-state index in [1.807, 2.05) is 24.3 Å². The third-order valence-corrected chi connectivity index (χ3v) is 5.89. The van der Waals surface area contributed by atoms with E-state index >= 15 is 0 Å². The topological polar surface area (TPSA) is 59.4 Å². The average molecular weight is 439 g/mol. The molecule has 0 unspecified atom stereocenters. The molecule has 0 aliphatic carbocycles. The molecule has 3 aromatic rings. The lowest BCUT2D eigenvalue weighted by molar-refractivity contribution is 0.0383. The number of morpholine rings is 1. The lowest BCUT2D eigenvalue weighted by Gasteiger charge is -2.26. The molecule has 2 aromatic carbocycles. The molecule has 1 aliphatic heterocycles. The number of hydrogen-bond acceptors (Lipinski definition) is 4. The number of benzene rings is 2. The Balaban J connectivity index is 1.59. The minimum absolute atomic E-state index is 0.147. The van der Waals surface area contributed by atoms with Crippen LogP contribution in [-0.4, -0.2) is 60.0 Å². The van der Waals surface area contributed by atoms with Gasteiger partial charge in [-0.1, -0.05) is 23.7 Å².